The summed E-state index contributed by atoms with van der Waals surface area (Å²) >= 11 is 15.8. The lowest BCUT2D eigenvalue weighted by atomic mass is 10.2. The number of amides is 1. The Kier molecular flexibility index (Phi) is 6.02. The largest absolute Gasteiger partial charge is 0.506 e. The van der Waals surface area contributed by atoms with E-state index in [4.69, 9.17) is 11.6 Å². The summed E-state index contributed by atoms with van der Waals surface area (Å²) in [6, 6.07) is 8.32. The van der Waals surface area contributed by atoms with E-state index in [9.17, 15) is 9.90 Å². The Morgan fingerprint density at radius 3 is 2.64 bits per heavy atom. The van der Waals surface area contributed by atoms with Crippen molar-refractivity contribution in [2.45, 2.75) is 0 Å². The fourth-order valence-electron chi connectivity index (χ4n) is 1.58. The predicted molar refractivity (Wildman–Crippen MR) is 97.7 cm³/mol. The second-order valence-corrected chi connectivity index (χ2v) is 7.24. The maximum atomic E-state index is 12.0. The van der Waals surface area contributed by atoms with Gasteiger partial charge in [0, 0.05) is 14.5 Å². The number of hydrogen-bond donors (Lipinski definition) is 2. The van der Waals surface area contributed by atoms with Gasteiger partial charge in [0.15, 0.2) is 0 Å². The van der Waals surface area contributed by atoms with Crippen molar-refractivity contribution in [3.8, 4) is 5.75 Å². The average molecular weight is 511 g/mol. The van der Waals surface area contributed by atoms with Crippen LogP contribution in [0.25, 0.3) is 0 Å². The average Bonchev–Trinajstić information content (AvgIpc) is 2.46. The number of nitrogens with zero attached hydrogens (tertiary/aromatic N) is 1. The molecule has 0 fully saturated rings. The lowest BCUT2D eigenvalue weighted by Gasteiger charge is -2.04. The molecule has 0 atom stereocenters. The van der Waals surface area contributed by atoms with Crippen LogP contribution in [0.5, 0.6) is 5.75 Å². The van der Waals surface area contributed by atoms with Crippen LogP contribution in [0.1, 0.15) is 15.9 Å². The number of halogens is 4. The van der Waals surface area contributed by atoms with Gasteiger partial charge < -0.3 is 5.11 Å². The van der Waals surface area contributed by atoms with Gasteiger partial charge in [-0.3, -0.25) is 4.79 Å². The Labute approximate surface area is 156 Å². The van der Waals surface area contributed by atoms with E-state index in [1.54, 1.807) is 30.3 Å². The van der Waals surface area contributed by atoms with E-state index in [-0.39, 0.29) is 5.75 Å². The molecule has 2 N–H and O–H groups in total. The number of carbonyl (C=O) groups excluding carboxylic acids is 1. The van der Waals surface area contributed by atoms with Gasteiger partial charge in [-0.2, -0.15) is 5.10 Å². The molecule has 2 rings (SSSR count). The van der Waals surface area contributed by atoms with Gasteiger partial charge in [0.25, 0.3) is 5.91 Å². The molecule has 0 bridgehead atoms. The molecule has 0 saturated carbocycles. The number of nitrogens with one attached hydrogen (secondary N) is 1. The zero-order valence-electron chi connectivity index (χ0n) is 10.8. The Balaban J connectivity index is 2.16. The molecule has 4 nitrogen and oxygen atoms in total. The third kappa shape index (κ3) is 4.32. The van der Waals surface area contributed by atoms with Crippen molar-refractivity contribution in [2.24, 2.45) is 5.10 Å². The molecule has 0 radical (unpaired) electrons. The second-order valence-electron chi connectivity index (χ2n) is 4.15. The van der Waals surface area contributed by atoms with Crippen molar-refractivity contribution >= 4 is 71.5 Å². The lowest BCUT2D eigenvalue weighted by Crippen LogP contribution is -2.18. The van der Waals surface area contributed by atoms with Crippen LogP contribution >= 0.6 is 59.4 Å². The molecule has 0 aliphatic carbocycles. The van der Waals surface area contributed by atoms with Crippen molar-refractivity contribution in [3.05, 3.63) is 59.9 Å². The highest BCUT2D eigenvalue weighted by molar-refractivity contribution is 9.11. The normalized spacial score (nSPS) is 10.9. The van der Waals surface area contributed by atoms with E-state index in [1.165, 1.54) is 6.21 Å². The molecule has 0 saturated heterocycles. The van der Waals surface area contributed by atoms with Crippen molar-refractivity contribution in [1.82, 2.24) is 5.43 Å². The van der Waals surface area contributed by atoms with Gasteiger partial charge >= 0.3 is 0 Å². The number of hydrogen-bond acceptors (Lipinski definition) is 3. The minimum Gasteiger partial charge on any atom is -0.506 e. The van der Waals surface area contributed by atoms with E-state index < -0.39 is 5.91 Å². The monoisotopic (exact) mass is 508 g/mol. The first kappa shape index (κ1) is 17.5. The van der Waals surface area contributed by atoms with Crippen molar-refractivity contribution in [1.29, 1.82) is 0 Å². The van der Waals surface area contributed by atoms with Crippen LogP contribution in [0.15, 0.2) is 48.9 Å². The number of carbonyl (C=O) groups is 1. The van der Waals surface area contributed by atoms with E-state index >= 15 is 0 Å². The standard InChI is InChI=1S/C14H8Br3ClN2O2/c15-8-1-2-12(18)10(4-8)14(22)20-19-6-7-3-9(16)5-11(17)13(7)21/h1-6,21H,(H,20,22)/b19-6+. The molecule has 0 aliphatic rings. The summed E-state index contributed by atoms with van der Waals surface area (Å²) in [6.07, 6.45) is 1.34. The number of hydrazone groups is 1. The molecular weight excluding hydrogens is 503 g/mol. The van der Waals surface area contributed by atoms with Gasteiger partial charge in [-0.25, -0.2) is 5.43 Å². The van der Waals surface area contributed by atoms with Crippen LogP contribution in [0.4, 0.5) is 0 Å². The quantitative estimate of drug-likeness (QED) is 0.445. The molecule has 1 amide bonds. The molecular formula is C14H8Br3ClN2O2. The highest BCUT2D eigenvalue weighted by Gasteiger charge is 2.10. The first-order valence-electron chi connectivity index (χ1n) is 5.85. The van der Waals surface area contributed by atoms with Crippen molar-refractivity contribution in [3.63, 3.8) is 0 Å². The third-order valence-corrected chi connectivity index (χ3v) is 4.49. The van der Waals surface area contributed by atoms with E-state index in [1.807, 2.05) is 0 Å². The third-order valence-electron chi connectivity index (χ3n) is 2.60. The molecule has 0 aromatic heterocycles. The minimum atomic E-state index is -0.448. The number of aromatic hydroxyl groups is 1. The van der Waals surface area contributed by atoms with Gasteiger partial charge in [-0.1, -0.05) is 43.5 Å². The maximum Gasteiger partial charge on any atom is 0.272 e. The van der Waals surface area contributed by atoms with Gasteiger partial charge in [0.05, 0.1) is 21.3 Å². The summed E-state index contributed by atoms with van der Waals surface area (Å²) in [5.41, 5.74) is 3.11. The van der Waals surface area contributed by atoms with Crippen LogP contribution < -0.4 is 5.43 Å². The number of benzene rings is 2. The summed E-state index contributed by atoms with van der Waals surface area (Å²) in [7, 11) is 0. The van der Waals surface area contributed by atoms with Crippen LogP contribution in [-0.4, -0.2) is 17.2 Å². The molecule has 114 valence electrons. The topological polar surface area (TPSA) is 61.7 Å². The van der Waals surface area contributed by atoms with Crippen LogP contribution in [0.3, 0.4) is 0 Å². The molecule has 22 heavy (non-hydrogen) atoms. The highest BCUT2D eigenvalue weighted by atomic mass is 79.9. The molecule has 0 spiro atoms. The number of phenolic OH excluding ortho intramolecular Hbond substituents is 1. The predicted octanol–water partition coefficient (Wildman–Crippen LogP) is 5.10. The van der Waals surface area contributed by atoms with Crippen LogP contribution in [-0.2, 0) is 0 Å². The molecule has 0 unspecified atom stereocenters. The summed E-state index contributed by atoms with van der Waals surface area (Å²) in [4.78, 5) is 12.0. The lowest BCUT2D eigenvalue weighted by molar-refractivity contribution is 0.0955. The Morgan fingerprint density at radius 1 is 1.18 bits per heavy atom. The maximum absolute atomic E-state index is 12.0. The molecule has 2 aromatic rings. The molecule has 8 heteroatoms. The summed E-state index contributed by atoms with van der Waals surface area (Å²) in [5, 5.41) is 14.0. The summed E-state index contributed by atoms with van der Waals surface area (Å²) in [5.74, 6) is -0.419. The van der Waals surface area contributed by atoms with E-state index in [0.717, 1.165) is 8.95 Å². The van der Waals surface area contributed by atoms with Crippen molar-refractivity contribution in [2.75, 3.05) is 0 Å². The van der Waals surface area contributed by atoms with Crippen molar-refractivity contribution < 1.29 is 9.90 Å². The van der Waals surface area contributed by atoms with Gasteiger partial charge in [0.1, 0.15) is 5.75 Å². The van der Waals surface area contributed by atoms with E-state index in [0.29, 0.717) is 20.6 Å². The number of phenols is 1. The van der Waals surface area contributed by atoms with Crippen LogP contribution in [0, 0.1) is 0 Å². The second kappa shape index (κ2) is 7.59. The van der Waals surface area contributed by atoms with Gasteiger partial charge in [-0.15, -0.1) is 0 Å². The zero-order chi connectivity index (χ0) is 16.3. The Morgan fingerprint density at radius 2 is 1.91 bits per heavy atom. The Bertz CT molecular complexity index is 766. The first-order valence-corrected chi connectivity index (χ1v) is 8.60. The smallest absolute Gasteiger partial charge is 0.272 e. The Hall–Kier alpha value is -0.890. The summed E-state index contributed by atoms with van der Waals surface area (Å²) in [6.45, 7) is 0. The van der Waals surface area contributed by atoms with Crippen LogP contribution in [0.2, 0.25) is 5.02 Å². The highest BCUT2D eigenvalue weighted by Crippen LogP contribution is 2.30. The summed E-state index contributed by atoms with van der Waals surface area (Å²) < 4.78 is 2.02. The first-order chi connectivity index (χ1) is 10.4. The fraction of sp³-hybridized carbons (Fsp3) is 0. The molecule has 0 aliphatic heterocycles. The van der Waals surface area contributed by atoms with E-state index in [2.05, 4.69) is 58.3 Å². The SMILES string of the molecule is O=C(N/N=C/c1cc(Br)cc(Br)c1O)c1cc(Br)ccc1Cl. The number of rotatable bonds is 3. The fourth-order valence-corrected chi connectivity index (χ4v) is 3.40. The molecule has 0 heterocycles. The van der Waals surface area contributed by atoms with Gasteiger partial charge in [-0.05, 0) is 46.3 Å². The van der Waals surface area contributed by atoms with Gasteiger partial charge in [0.2, 0.25) is 0 Å². The zero-order valence-corrected chi connectivity index (χ0v) is 16.3. The minimum absolute atomic E-state index is 0.0293. The molecule has 2 aromatic carbocycles.